The lowest BCUT2D eigenvalue weighted by atomic mass is 10.2. The molecular formula is C14H20N2O4. The van der Waals surface area contributed by atoms with Gasteiger partial charge in [-0.25, -0.2) is 0 Å². The molecule has 0 heterocycles. The summed E-state index contributed by atoms with van der Waals surface area (Å²) in [5.41, 5.74) is 0.375. The molecule has 2 N–H and O–H groups in total. The van der Waals surface area contributed by atoms with E-state index < -0.39 is 17.9 Å². The number of carbonyl (C=O) groups excluding carboxylic acids is 1. The summed E-state index contributed by atoms with van der Waals surface area (Å²) in [5, 5.41) is 11.2. The van der Waals surface area contributed by atoms with Crippen LogP contribution in [0.4, 0.5) is 0 Å². The Bertz CT molecular complexity index is 474. The minimum Gasteiger partial charge on any atom is -0.492 e. The molecule has 1 amide bonds. The molecule has 1 aromatic rings. The summed E-state index contributed by atoms with van der Waals surface area (Å²) in [4.78, 5) is 24.5. The molecule has 0 aliphatic carbocycles. The highest BCUT2D eigenvalue weighted by atomic mass is 16.5. The molecule has 0 aromatic heterocycles. The van der Waals surface area contributed by atoms with Crippen molar-refractivity contribution in [1.82, 2.24) is 10.2 Å². The van der Waals surface area contributed by atoms with Crippen molar-refractivity contribution in [1.29, 1.82) is 0 Å². The summed E-state index contributed by atoms with van der Waals surface area (Å²) in [6.07, 6.45) is 0. The van der Waals surface area contributed by atoms with Crippen LogP contribution in [0.2, 0.25) is 0 Å². The molecular weight excluding hydrogens is 260 g/mol. The van der Waals surface area contributed by atoms with E-state index in [1.165, 1.54) is 6.92 Å². The van der Waals surface area contributed by atoms with E-state index in [1.807, 2.05) is 19.0 Å². The van der Waals surface area contributed by atoms with Gasteiger partial charge < -0.3 is 20.1 Å². The third-order valence-corrected chi connectivity index (χ3v) is 2.62. The van der Waals surface area contributed by atoms with E-state index in [0.717, 1.165) is 6.54 Å². The molecule has 6 nitrogen and oxygen atoms in total. The maximum atomic E-state index is 11.9. The normalized spacial score (nSPS) is 12.0. The average molecular weight is 280 g/mol. The Morgan fingerprint density at radius 1 is 1.40 bits per heavy atom. The summed E-state index contributed by atoms with van der Waals surface area (Å²) < 4.78 is 5.52. The van der Waals surface area contributed by atoms with Gasteiger partial charge in [-0.05, 0) is 39.2 Å². The van der Waals surface area contributed by atoms with Gasteiger partial charge >= 0.3 is 5.97 Å². The lowest BCUT2D eigenvalue weighted by molar-refractivity contribution is -0.138. The summed E-state index contributed by atoms with van der Waals surface area (Å²) in [6.45, 7) is 2.70. The molecule has 0 fully saturated rings. The Labute approximate surface area is 118 Å². The van der Waals surface area contributed by atoms with Crippen LogP contribution in [0, 0.1) is 0 Å². The molecule has 1 aromatic carbocycles. The predicted molar refractivity (Wildman–Crippen MR) is 75.1 cm³/mol. The topological polar surface area (TPSA) is 78.9 Å². The average Bonchev–Trinajstić information content (AvgIpc) is 2.38. The van der Waals surface area contributed by atoms with Crippen molar-refractivity contribution in [2.24, 2.45) is 0 Å². The largest absolute Gasteiger partial charge is 0.492 e. The number of carbonyl (C=O) groups is 2. The number of hydrogen-bond acceptors (Lipinski definition) is 4. The van der Waals surface area contributed by atoms with Crippen molar-refractivity contribution in [2.75, 3.05) is 27.2 Å². The molecule has 0 radical (unpaired) electrons. The maximum Gasteiger partial charge on any atom is 0.325 e. The minimum absolute atomic E-state index is 0.375. The zero-order chi connectivity index (χ0) is 15.1. The first-order chi connectivity index (χ1) is 9.40. The smallest absolute Gasteiger partial charge is 0.325 e. The molecule has 20 heavy (non-hydrogen) atoms. The standard InChI is InChI=1S/C14H20N2O4/c1-10(14(18)19)15-13(17)11-5-4-6-12(9-11)20-8-7-16(2)3/h4-6,9-10H,7-8H2,1-3H3,(H,15,17)(H,18,19). The van der Waals surface area contributed by atoms with Gasteiger partial charge in [-0.2, -0.15) is 0 Å². The highest BCUT2D eigenvalue weighted by molar-refractivity contribution is 5.96. The van der Waals surface area contributed by atoms with Crippen LogP contribution in [-0.2, 0) is 4.79 Å². The van der Waals surface area contributed by atoms with Gasteiger partial charge in [-0.15, -0.1) is 0 Å². The van der Waals surface area contributed by atoms with Gasteiger partial charge in [0.2, 0.25) is 0 Å². The number of ether oxygens (including phenoxy) is 1. The first-order valence-electron chi connectivity index (χ1n) is 6.31. The maximum absolute atomic E-state index is 11.9. The fourth-order valence-corrected chi connectivity index (χ4v) is 1.41. The number of rotatable bonds is 7. The van der Waals surface area contributed by atoms with E-state index in [1.54, 1.807) is 24.3 Å². The highest BCUT2D eigenvalue weighted by Crippen LogP contribution is 2.13. The Morgan fingerprint density at radius 3 is 2.70 bits per heavy atom. The van der Waals surface area contributed by atoms with Gasteiger partial charge in [-0.1, -0.05) is 6.07 Å². The quantitative estimate of drug-likeness (QED) is 0.773. The van der Waals surface area contributed by atoms with Crippen molar-refractivity contribution >= 4 is 11.9 Å². The molecule has 1 atom stereocenters. The molecule has 0 aliphatic rings. The first-order valence-corrected chi connectivity index (χ1v) is 6.31. The third kappa shape index (κ3) is 5.27. The van der Waals surface area contributed by atoms with Crippen molar-refractivity contribution in [2.45, 2.75) is 13.0 Å². The molecule has 1 rings (SSSR count). The lowest BCUT2D eigenvalue weighted by Gasteiger charge is -2.12. The van der Waals surface area contributed by atoms with Crippen LogP contribution in [0.25, 0.3) is 0 Å². The van der Waals surface area contributed by atoms with E-state index >= 15 is 0 Å². The van der Waals surface area contributed by atoms with Crippen LogP contribution in [0.15, 0.2) is 24.3 Å². The second-order valence-corrected chi connectivity index (χ2v) is 4.71. The van der Waals surface area contributed by atoms with Gasteiger partial charge in [0.05, 0.1) is 0 Å². The number of carboxylic acid groups (broad SMARTS) is 1. The number of carboxylic acids is 1. The first kappa shape index (κ1) is 16.0. The zero-order valence-corrected chi connectivity index (χ0v) is 11.9. The SMILES string of the molecule is CC(NC(=O)c1cccc(OCCN(C)C)c1)C(=O)O. The number of amides is 1. The van der Waals surface area contributed by atoms with Gasteiger partial charge in [-0.3, -0.25) is 9.59 Å². The fraction of sp³-hybridized carbons (Fsp3) is 0.429. The molecule has 6 heteroatoms. The predicted octanol–water partition coefficient (Wildman–Crippen LogP) is 0.830. The van der Waals surface area contributed by atoms with Crippen LogP contribution in [0.3, 0.4) is 0 Å². The van der Waals surface area contributed by atoms with Crippen LogP contribution in [-0.4, -0.2) is 55.2 Å². The lowest BCUT2D eigenvalue weighted by Crippen LogP contribution is -2.38. The Hall–Kier alpha value is -2.08. The summed E-state index contributed by atoms with van der Waals surface area (Å²) in [7, 11) is 3.89. The van der Waals surface area contributed by atoms with Crippen LogP contribution < -0.4 is 10.1 Å². The van der Waals surface area contributed by atoms with Crippen molar-refractivity contribution < 1.29 is 19.4 Å². The summed E-state index contributed by atoms with van der Waals surface area (Å²) in [5.74, 6) is -0.919. The third-order valence-electron chi connectivity index (χ3n) is 2.62. The Kier molecular flexibility index (Phi) is 5.99. The highest BCUT2D eigenvalue weighted by Gasteiger charge is 2.15. The summed E-state index contributed by atoms with van der Waals surface area (Å²) in [6, 6.07) is 5.74. The van der Waals surface area contributed by atoms with Gasteiger partial charge in [0.1, 0.15) is 18.4 Å². The van der Waals surface area contributed by atoms with E-state index in [9.17, 15) is 9.59 Å². The second-order valence-electron chi connectivity index (χ2n) is 4.71. The number of nitrogens with zero attached hydrogens (tertiary/aromatic N) is 1. The molecule has 0 saturated carbocycles. The second kappa shape index (κ2) is 7.49. The number of benzene rings is 1. The molecule has 0 spiro atoms. The van der Waals surface area contributed by atoms with Crippen molar-refractivity contribution in [3.05, 3.63) is 29.8 Å². The molecule has 110 valence electrons. The minimum atomic E-state index is -1.07. The number of aliphatic carboxylic acids is 1. The van der Waals surface area contributed by atoms with Gasteiger partial charge in [0.15, 0.2) is 0 Å². The number of nitrogens with one attached hydrogen (secondary N) is 1. The van der Waals surface area contributed by atoms with E-state index in [2.05, 4.69) is 5.32 Å². The van der Waals surface area contributed by atoms with Crippen molar-refractivity contribution in [3.63, 3.8) is 0 Å². The monoisotopic (exact) mass is 280 g/mol. The van der Waals surface area contributed by atoms with E-state index in [4.69, 9.17) is 9.84 Å². The van der Waals surface area contributed by atoms with Crippen molar-refractivity contribution in [3.8, 4) is 5.75 Å². The van der Waals surface area contributed by atoms with Gasteiger partial charge in [0, 0.05) is 12.1 Å². The zero-order valence-electron chi connectivity index (χ0n) is 11.9. The molecule has 0 aliphatic heterocycles. The Morgan fingerprint density at radius 2 is 2.10 bits per heavy atom. The van der Waals surface area contributed by atoms with E-state index in [-0.39, 0.29) is 0 Å². The number of hydrogen-bond donors (Lipinski definition) is 2. The molecule has 0 bridgehead atoms. The van der Waals surface area contributed by atoms with Gasteiger partial charge in [0.25, 0.3) is 5.91 Å². The fourth-order valence-electron chi connectivity index (χ4n) is 1.41. The van der Waals surface area contributed by atoms with Crippen LogP contribution in [0.5, 0.6) is 5.75 Å². The molecule has 0 saturated heterocycles. The molecule has 1 unspecified atom stereocenters. The summed E-state index contributed by atoms with van der Waals surface area (Å²) >= 11 is 0. The van der Waals surface area contributed by atoms with Crippen LogP contribution >= 0.6 is 0 Å². The van der Waals surface area contributed by atoms with E-state index in [0.29, 0.717) is 17.9 Å². The number of likely N-dealkylation sites (N-methyl/N-ethyl adjacent to an activating group) is 1. The van der Waals surface area contributed by atoms with Crippen LogP contribution in [0.1, 0.15) is 17.3 Å². The Balaban J connectivity index is 2.62.